The van der Waals surface area contributed by atoms with Crippen LogP contribution in [0, 0.1) is 12.7 Å². The SMILES string of the molecule is Cc1c(NC(=O)c2cccc(NC(=O)c3cccc(F)c3)c2)c(=O)n(-c2ccccc2)n1C. The Morgan fingerprint density at radius 2 is 1.45 bits per heavy atom. The molecule has 0 aliphatic carbocycles. The van der Waals surface area contributed by atoms with E-state index >= 15 is 0 Å². The van der Waals surface area contributed by atoms with Crippen LogP contribution in [-0.2, 0) is 7.05 Å². The van der Waals surface area contributed by atoms with Gasteiger partial charge in [-0.25, -0.2) is 9.07 Å². The molecule has 0 aliphatic rings. The van der Waals surface area contributed by atoms with Gasteiger partial charge in [-0.1, -0.05) is 30.3 Å². The molecular formula is C25H21FN4O3. The third kappa shape index (κ3) is 4.45. The van der Waals surface area contributed by atoms with E-state index in [-0.39, 0.29) is 22.4 Å². The Morgan fingerprint density at radius 3 is 2.15 bits per heavy atom. The highest BCUT2D eigenvalue weighted by molar-refractivity contribution is 6.07. The Labute approximate surface area is 189 Å². The van der Waals surface area contributed by atoms with Crippen molar-refractivity contribution in [3.05, 3.63) is 112 Å². The van der Waals surface area contributed by atoms with Gasteiger partial charge < -0.3 is 10.6 Å². The van der Waals surface area contributed by atoms with Crippen molar-refractivity contribution in [2.75, 3.05) is 10.6 Å². The average Bonchev–Trinajstić information content (AvgIpc) is 3.02. The number of hydrogen-bond acceptors (Lipinski definition) is 3. The number of para-hydroxylation sites is 1. The van der Waals surface area contributed by atoms with Crippen LogP contribution in [0.25, 0.3) is 5.69 Å². The van der Waals surface area contributed by atoms with Crippen LogP contribution in [0.2, 0.25) is 0 Å². The minimum atomic E-state index is -0.518. The molecule has 0 fully saturated rings. The summed E-state index contributed by atoms with van der Waals surface area (Å²) < 4.78 is 16.5. The smallest absolute Gasteiger partial charge is 0.295 e. The van der Waals surface area contributed by atoms with Gasteiger partial charge in [0.25, 0.3) is 17.4 Å². The molecule has 2 amide bonds. The van der Waals surface area contributed by atoms with Crippen molar-refractivity contribution < 1.29 is 14.0 Å². The molecule has 0 saturated carbocycles. The second-order valence-electron chi connectivity index (χ2n) is 7.44. The molecule has 0 bridgehead atoms. The Kier molecular flexibility index (Phi) is 5.91. The number of nitrogens with zero attached hydrogens (tertiary/aromatic N) is 2. The third-order valence-corrected chi connectivity index (χ3v) is 5.26. The first-order valence-electron chi connectivity index (χ1n) is 10.2. The zero-order chi connectivity index (χ0) is 23.5. The number of hydrogen-bond donors (Lipinski definition) is 2. The fourth-order valence-corrected chi connectivity index (χ4v) is 3.47. The second kappa shape index (κ2) is 8.96. The van der Waals surface area contributed by atoms with Gasteiger partial charge >= 0.3 is 0 Å². The molecule has 0 atom stereocenters. The van der Waals surface area contributed by atoms with Crippen molar-refractivity contribution in [2.45, 2.75) is 6.92 Å². The van der Waals surface area contributed by atoms with Crippen LogP contribution in [0.15, 0.2) is 83.7 Å². The molecule has 0 spiro atoms. The molecule has 0 radical (unpaired) electrons. The van der Waals surface area contributed by atoms with E-state index in [0.717, 1.165) is 6.07 Å². The Morgan fingerprint density at radius 1 is 0.818 bits per heavy atom. The van der Waals surface area contributed by atoms with Crippen LogP contribution in [0.1, 0.15) is 26.4 Å². The zero-order valence-corrected chi connectivity index (χ0v) is 18.0. The number of anilines is 2. The number of nitrogens with one attached hydrogen (secondary N) is 2. The van der Waals surface area contributed by atoms with Crippen molar-refractivity contribution in [2.24, 2.45) is 7.05 Å². The fourth-order valence-electron chi connectivity index (χ4n) is 3.47. The lowest BCUT2D eigenvalue weighted by Gasteiger charge is -2.08. The minimum absolute atomic E-state index is 0.159. The summed E-state index contributed by atoms with van der Waals surface area (Å²) in [6.45, 7) is 1.74. The van der Waals surface area contributed by atoms with E-state index in [4.69, 9.17) is 0 Å². The summed E-state index contributed by atoms with van der Waals surface area (Å²) in [6, 6.07) is 20.7. The molecule has 4 aromatic rings. The van der Waals surface area contributed by atoms with Crippen LogP contribution >= 0.6 is 0 Å². The van der Waals surface area contributed by atoms with E-state index in [0.29, 0.717) is 17.1 Å². The zero-order valence-electron chi connectivity index (χ0n) is 18.0. The van der Waals surface area contributed by atoms with E-state index in [1.54, 1.807) is 49.0 Å². The van der Waals surface area contributed by atoms with Crippen LogP contribution in [0.3, 0.4) is 0 Å². The van der Waals surface area contributed by atoms with Crippen molar-refractivity contribution in [1.29, 1.82) is 0 Å². The molecule has 4 rings (SSSR count). The van der Waals surface area contributed by atoms with Gasteiger partial charge in [-0.15, -0.1) is 0 Å². The largest absolute Gasteiger partial charge is 0.322 e. The maximum atomic E-state index is 13.4. The summed E-state index contributed by atoms with van der Waals surface area (Å²) >= 11 is 0. The number of rotatable bonds is 5. The molecule has 0 aliphatic heterocycles. The number of halogens is 1. The van der Waals surface area contributed by atoms with E-state index < -0.39 is 17.6 Å². The number of carbonyl (C=O) groups is 2. The van der Waals surface area contributed by atoms with Gasteiger partial charge in [-0.05, 0) is 55.5 Å². The molecule has 1 aromatic heterocycles. The molecule has 166 valence electrons. The van der Waals surface area contributed by atoms with Gasteiger partial charge in [-0.3, -0.25) is 19.1 Å². The molecule has 2 N–H and O–H groups in total. The first kappa shape index (κ1) is 21.8. The van der Waals surface area contributed by atoms with Crippen LogP contribution < -0.4 is 16.2 Å². The van der Waals surface area contributed by atoms with E-state index in [2.05, 4.69) is 10.6 Å². The quantitative estimate of drug-likeness (QED) is 0.485. The van der Waals surface area contributed by atoms with E-state index in [1.165, 1.54) is 28.9 Å². The normalized spacial score (nSPS) is 10.6. The van der Waals surface area contributed by atoms with Crippen molar-refractivity contribution in [3.8, 4) is 5.69 Å². The lowest BCUT2D eigenvalue weighted by molar-refractivity contribution is 0.101. The van der Waals surface area contributed by atoms with Crippen LogP contribution in [0.5, 0.6) is 0 Å². The molecule has 3 aromatic carbocycles. The lowest BCUT2D eigenvalue weighted by Crippen LogP contribution is -2.23. The van der Waals surface area contributed by atoms with Gasteiger partial charge in [0, 0.05) is 23.9 Å². The first-order valence-corrected chi connectivity index (χ1v) is 10.2. The van der Waals surface area contributed by atoms with Gasteiger partial charge in [0.2, 0.25) is 0 Å². The number of benzene rings is 3. The summed E-state index contributed by atoms with van der Waals surface area (Å²) in [6.07, 6.45) is 0. The highest BCUT2D eigenvalue weighted by atomic mass is 19.1. The lowest BCUT2D eigenvalue weighted by atomic mass is 10.1. The Hall–Kier alpha value is -4.46. The van der Waals surface area contributed by atoms with E-state index in [9.17, 15) is 18.8 Å². The average molecular weight is 444 g/mol. The maximum absolute atomic E-state index is 13.4. The minimum Gasteiger partial charge on any atom is -0.322 e. The number of carbonyl (C=O) groups excluding carboxylic acids is 2. The highest BCUT2D eigenvalue weighted by Gasteiger charge is 2.19. The maximum Gasteiger partial charge on any atom is 0.295 e. The van der Waals surface area contributed by atoms with Crippen molar-refractivity contribution in [1.82, 2.24) is 9.36 Å². The number of amides is 2. The molecule has 0 saturated heterocycles. The second-order valence-corrected chi connectivity index (χ2v) is 7.44. The van der Waals surface area contributed by atoms with Gasteiger partial charge in [-0.2, -0.15) is 0 Å². The van der Waals surface area contributed by atoms with Gasteiger partial charge in [0.1, 0.15) is 11.5 Å². The Balaban J connectivity index is 1.57. The molecular weight excluding hydrogens is 423 g/mol. The fraction of sp³-hybridized carbons (Fsp3) is 0.0800. The standard InChI is InChI=1S/C25H21FN4O3/c1-16-22(25(33)30(29(16)2)21-12-4-3-5-13-21)28-24(32)18-9-7-11-20(15-18)27-23(31)17-8-6-10-19(26)14-17/h3-15H,1-2H3,(H,27,31)(H,28,32). The third-order valence-electron chi connectivity index (χ3n) is 5.26. The summed E-state index contributed by atoms with van der Waals surface area (Å²) in [5.74, 6) is -1.52. The topological polar surface area (TPSA) is 85.1 Å². The van der Waals surface area contributed by atoms with Crippen molar-refractivity contribution >= 4 is 23.2 Å². The summed E-state index contributed by atoms with van der Waals surface area (Å²) in [5, 5.41) is 5.34. The van der Waals surface area contributed by atoms with Crippen LogP contribution in [-0.4, -0.2) is 21.2 Å². The number of aromatic nitrogens is 2. The monoisotopic (exact) mass is 444 g/mol. The summed E-state index contributed by atoms with van der Waals surface area (Å²) in [7, 11) is 1.74. The van der Waals surface area contributed by atoms with E-state index in [1.807, 2.05) is 18.2 Å². The first-order chi connectivity index (χ1) is 15.8. The molecule has 7 nitrogen and oxygen atoms in total. The highest BCUT2D eigenvalue weighted by Crippen LogP contribution is 2.17. The molecule has 0 unspecified atom stereocenters. The van der Waals surface area contributed by atoms with Gasteiger partial charge in [0.15, 0.2) is 0 Å². The molecule has 8 heteroatoms. The predicted octanol–water partition coefficient (Wildman–Crippen LogP) is 4.13. The molecule has 1 heterocycles. The van der Waals surface area contributed by atoms with Crippen LogP contribution in [0.4, 0.5) is 15.8 Å². The van der Waals surface area contributed by atoms with Crippen molar-refractivity contribution in [3.63, 3.8) is 0 Å². The summed E-state index contributed by atoms with van der Waals surface area (Å²) in [5.41, 5.74) is 1.85. The molecule has 33 heavy (non-hydrogen) atoms. The van der Waals surface area contributed by atoms with Gasteiger partial charge in [0.05, 0.1) is 11.4 Å². The predicted molar refractivity (Wildman–Crippen MR) is 124 cm³/mol. The Bertz CT molecular complexity index is 1410. The summed E-state index contributed by atoms with van der Waals surface area (Å²) in [4.78, 5) is 38.3.